The van der Waals surface area contributed by atoms with Crippen molar-refractivity contribution >= 4 is 21.8 Å². The van der Waals surface area contributed by atoms with Crippen LogP contribution >= 0.6 is 0 Å². The van der Waals surface area contributed by atoms with Crippen LogP contribution in [0.1, 0.15) is 49.9 Å². The number of aryl methyl sites for hydroxylation is 1. The maximum absolute atomic E-state index is 4.55. The quantitative estimate of drug-likeness (QED) is 0.384. The van der Waals surface area contributed by atoms with Crippen molar-refractivity contribution in [2.75, 3.05) is 6.54 Å². The van der Waals surface area contributed by atoms with Crippen LogP contribution in [-0.2, 0) is 13.5 Å². The average molecular weight is 454 g/mol. The number of fused-ring (bicyclic) bond motifs is 2. The first kappa shape index (κ1) is 21.1. The van der Waals surface area contributed by atoms with E-state index >= 15 is 0 Å². The zero-order valence-electron chi connectivity index (χ0n) is 19.8. The number of aromatic amines is 1. The van der Waals surface area contributed by atoms with Crippen LogP contribution < -0.4 is 5.32 Å². The molecule has 2 atom stereocenters. The Hall–Kier alpha value is -3.45. The molecule has 1 saturated carbocycles. The lowest BCUT2D eigenvalue weighted by Gasteiger charge is -2.41. The summed E-state index contributed by atoms with van der Waals surface area (Å²) in [6.45, 7) is 3.28. The number of tetrazole rings is 1. The third-order valence-electron chi connectivity index (χ3n) is 7.72. The largest absolute Gasteiger partial charge is 0.361 e. The number of nitrogens with zero attached hydrogens (tertiary/aromatic N) is 5. The van der Waals surface area contributed by atoms with Gasteiger partial charge in [-0.15, -0.1) is 5.10 Å². The Kier molecular flexibility index (Phi) is 5.21. The van der Waals surface area contributed by atoms with Crippen LogP contribution in [-0.4, -0.2) is 41.8 Å². The van der Waals surface area contributed by atoms with Crippen LogP contribution in [0.25, 0.3) is 27.5 Å². The summed E-state index contributed by atoms with van der Waals surface area (Å²) in [6.07, 6.45) is 9.86. The summed E-state index contributed by atoms with van der Waals surface area (Å²) in [7, 11) is 2.07. The lowest BCUT2D eigenvalue weighted by molar-refractivity contribution is 0.207. The molecule has 174 valence electrons. The maximum Gasteiger partial charge on any atom is 0.161 e. The number of aromatic nitrogens is 6. The lowest BCUT2D eigenvalue weighted by atomic mass is 9.73. The molecule has 0 aliphatic heterocycles. The van der Waals surface area contributed by atoms with E-state index in [1.54, 1.807) is 0 Å². The highest BCUT2D eigenvalue weighted by molar-refractivity contribution is 5.83. The topological polar surface area (TPSA) is 76.3 Å². The molecule has 6 rings (SSSR count). The van der Waals surface area contributed by atoms with Crippen molar-refractivity contribution < 1.29 is 0 Å². The Morgan fingerprint density at radius 1 is 1.15 bits per heavy atom. The fourth-order valence-electron chi connectivity index (χ4n) is 5.78. The molecule has 34 heavy (non-hydrogen) atoms. The Labute approximate surface area is 199 Å². The minimum atomic E-state index is -0.0479. The zero-order chi connectivity index (χ0) is 23.1. The van der Waals surface area contributed by atoms with Crippen molar-refractivity contribution in [1.29, 1.82) is 0 Å². The second kappa shape index (κ2) is 8.40. The summed E-state index contributed by atoms with van der Waals surface area (Å²) in [6, 6.07) is 17.1. The highest BCUT2D eigenvalue weighted by atomic mass is 15.5. The normalized spacial score (nSPS) is 20.9. The third-order valence-corrected chi connectivity index (χ3v) is 7.72. The molecule has 0 saturated heterocycles. The van der Waals surface area contributed by atoms with E-state index in [-0.39, 0.29) is 11.5 Å². The maximum atomic E-state index is 4.55. The van der Waals surface area contributed by atoms with Crippen LogP contribution in [0.3, 0.4) is 0 Å². The number of hydrogen-bond acceptors (Lipinski definition) is 4. The zero-order valence-corrected chi connectivity index (χ0v) is 19.8. The van der Waals surface area contributed by atoms with Crippen molar-refractivity contribution in [3.63, 3.8) is 0 Å². The average Bonchev–Trinajstić information content (AvgIpc) is 3.58. The van der Waals surface area contributed by atoms with Gasteiger partial charge in [-0.25, -0.2) is 0 Å². The molecule has 1 aliphatic carbocycles. The van der Waals surface area contributed by atoms with Crippen molar-refractivity contribution in [3.8, 4) is 5.69 Å². The molecule has 7 heteroatoms. The number of rotatable bonds is 6. The van der Waals surface area contributed by atoms with Gasteiger partial charge in [0.1, 0.15) is 0 Å². The van der Waals surface area contributed by atoms with Crippen molar-refractivity contribution in [2.45, 2.75) is 50.5 Å². The molecule has 0 amide bonds. The van der Waals surface area contributed by atoms with Gasteiger partial charge in [0, 0.05) is 52.7 Å². The van der Waals surface area contributed by atoms with E-state index in [0.717, 1.165) is 37.3 Å². The molecule has 0 radical (unpaired) electrons. The van der Waals surface area contributed by atoms with Crippen LogP contribution in [0.5, 0.6) is 0 Å². The first-order valence-corrected chi connectivity index (χ1v) is 12.3. The molecule has 3 heterocycles. The summed E-state index contributed by atoms with van der Waals surface area (Å²) in [5, 5.41) is 19.5. The summed E-state index contributed by atoms with van der Waals surface area (Å²) in [5.74, 6) is 1.21. The van der Waals surface area contributed by atoms with Crippen molar-refractivity contribution in [1.82, 2.24) is 35.1 Å². The molecule has 2 N–H and O–H groups in total. The highest BCUT2D eigenvalue weighted by Crippen LogP contribution is 2.40. The Morgan fingerprint density at radius 2 is 2.06 bits per heavy atom. The van der Waals surface area contributed by atoms with Crippen LogP contribution in [0.2, 0.25) is 0 Å². The van der Waals surface area contributed by atoms with E-state index in [0.29, 0.717) is 0 Å². The SMILES string of the molecule is Cn1ccc2cc(-n3nnnc3C3CCCCC3(C)NCCc3c[nH]c4ccccc34)ccc21. The van der Waals surface area contributed by atoms with Gasteiger partial charge in [-0.2, -0.15) is 4.68 Å². The van der Waals surface area contributed by atoms with E-state index < -0.39 is 0 Å². The molecular weight excluding hydrogens is 422 g/mol. The second-order valence-electron chi connectivity index (χ2n) is 9.87. The Bertz CT molecular complexity index is 1440. The number of nitrogens with one attached hydrogen (secondary N) is 2. The molecule has 2 aromatic carbocycles. The smallest absolute Gasteiger partial charge is 0.161 e. The first-order chi connectivity index (χ1) is 16.6. The minimum Gasteiger partial charge on any atom is -0.361 e. The van der Waals surface area contributed by atoms with Gasteiger partial charge in [-0.05, 0) is 79.1 Å². The predicted molar refractivity (Wildman–Crippen MR) is 135 cm³/mol. The summed E-state index contributed by atoms with van der Waals surface area (Å²) < 4.78 is 4.08. The lowest BCUT2D eigenvalue weighted by Crippen LogP contribution is -2.50. The van der Waals surface area contributed by atoms with E-state index in [1.807, 2.05) is 4.68 Å². The van der Waals surface area contributed by atoms with Crippen molar-refractivity contribution in [3.05, 3.63) is 72.3 Å². The van der Waals surface area contributed by atoms with E-state index in [4.69, 9.17) is 0 Å². The fourth-order valence-corrected chi connectivity index (χ4v) is 5.78. The van der Waals surface area contributed by atoms with Crippen LogP contribution in [0, 0.1) is 0 Å². The third kappa shape index (κ3) is 3.60. The first-order valence-electron chi connectivity index (χ1n) is 12.3. The summed E-state index contributed by atoms with van der Waals surface area (Å²) >= 11 is 0. The molecule has 0 bridgehead atoms. The van der Waals surface area contributed by atoms with Crippen molar-refractivity contribution in [2.24, 2.45) is 7.05 Å². The van der Waals surface area contributed by atoms with Gasteiger partial charge in [-0.1, -0.05) is 31.0 Å². The molecule has 5 aromatic rings. The standard InChI is InChI=1S/C27H31N7/c1-27(29-15-12-20-18-28-24-9-4-3-7-22(20)24)14-6-5-8-23(27)26-30-31-32-34(26)21-10-11-25-19(17-21)13-16-33(25)2/h3-4,7,9-11,13,16-18,23,28-29H,5-6,8,12,14-15H2,1-2H3. The minimum absolute atomic E-state index is 0.0479. The molecule has 1 fully saturated rings. The van der Waals surface area contributed by atoms with Gasteiger partial charge in [-0.3, -0.25) is 0 Å². The van der Waals surface area contributed by atoms with E-state index in [9.17, 15) is 0 Å². The molecule has 1 aliphatic rings. The summed E-state index contributed by atoms with van der Waals surface area (Å²) in [4.78, 5) is 3.40. The number of benzene rings is 2. The van der Waals surface area contributed by atoms with Gasteiger partial charge in [0.2, 0.25) is 0 Å². The molecule has 7 nitrogen and oxygen atoms in total. The summed E-state index contributed by atoms with van der Waals surface area (Å²) in [5.41, 5.74) is 4.74. The number of H-pyrrole nitrogens is 1. The van der Waals surface area contributed by atoms with Gasteiger partial charge >= 0.3 is 0 Å². The molecular formula is C27H31N7. The second-order valence-corrected chi connectivity index (χ2v) is 9.87. The number of para-hydroxylation sites is 1. The monoisotopic (exact) mass is 453 g/mol. The van der Waals surface area contributed by atoms with Gasteiger partial charge < -0.3 is 14.9 Å². The number of hydrogen-bond donors (Lipinski definition) is 2. The predicted octanol–water partition coefficient (Wildman–Crippen LogP) is 4.88. The van der Waals surface area contributed by atoms with Crippen LogP contribution in [0.4, 0.5) is 0 Å². The highest BCUT2D eigenvalue weighted by Gasteiger charge is 2.40. The molecule has 0 spiro atoms. The molecule has 2 unspecified atom stereocenters. The van der Waals surface area contributed by atoms with Crippen LogP contribution in [0.15, 0.2) is 60.9 Å². The Morgan fingerprint density at radius 3 is 3.00 bits per heavy atom. The Balaban J connectivity index is 1.25. The van der Waals surface area contributed by atoms with Gasteiger partial charge in [0.25, 0.3) is 0 Å². The van der Waals surface area contributed by atoms with Gasteiger partial charge in [0.05, 0.1) is 5.69 Å². The van der Waals surface area contributed by atoms with E-state index in [1.165, 1.54) is 40.2 Å². The fraction of sp³-hybridized carbons (Fsp3) is 0.370. The van der Waals surface area contributed by atoms with Gasteiger partial charge in [0.15, 0.2) is 5.82 Å². The molecule has 3 aromatic heterocycles. The van der Waals surface area contributed by atoms with E-state index in [2.05, 4.69) is 105 Å².